The molecular formula is C22H34ClN3O3. The van der Waals surface area contributed by atoms with Crippen LogP contribution in [0.2, 0.25) is 5.02 Å². The maximum absolute atomic E-state index is 12.1. The van der Waals surface area contributed by atoms with Gasteiger partial charge in [-0.1, -0.05) is 24.4 Å². The van der Waals surface area contributed by atoms with Gasteiger partial charge in [0.15, 0.2) is 0 Å². The number of likely N-dealkylation sites (tertiary alicyclic amines) is 1. The number of carbonyl (C=O) groups is 2. The van der Waals surface area contributed by atoms with Crippen LogP contribution in [0, 0.1) is 5.92 Å². The van der Waals surface area contributed by atoms with E-state index in [9.17, 15) is 9.59 Å². The van der Waals surface area contributed by atoms with Gasteiger partial charge >= 0.3 is 6.09 Å². The molecule has 29 heavy (non-hydrogen) atoms. The van der Waals surface area contributed by atoms with E-state index in [1.54, 1.807) is 19.2 Å². The highest BCUT2D eigenvalue weighted by molar-refractivity contribution is 6.34. The van der Waals surface area contributed by atoms with Crippen molar-refractivity contribution in [1.29, 1.82) is 0 Å². The average molecular weight is 424 g/mol. The van der Waals surface area contributed by atoms with E-state index in [0.717, 1.165) is 51.0 Å². The highest BCUT2D eigenvalue weighted by Crippen LogP contribution is 2.24. The lowest BCUT2D eigenvalue weighted by atomic mass is 9.92. The molecule has 0 spiro atoms. The monoisotopic (exact) mass is 423 g/mol. The van der Waals surface area contributed by atoms with Crippen molar-refractivity contribution in [3.63, 3.8) is 0 Å². The largest absolute Gasteiger partial charge is 0.444 e. The molecule has 0 aliphatic carbocycles. The Morgan fingerprint density at radius 1 is 1.21 bits per heavy atom. The number of unbranched alkanes of at least 4 members (excludes halogenated alkanes) is 1. The smallest absolute Gasteiger partial charge is 0.410 e. The van der Waals surface area contributed by atoms with Crippen LogP contribution in [0.25, 0.3) is 0 Å². The molecule has 1 aliphatic heterocycles. The molecule has 2 amide bonds. The topological polar surface area (TPSA) is 70.7 Å². The minimum atomic E-state index is -0.437. The molecule has 1 aromatic carbocycles. The van der Waals surface area contributed by atoms with Crippen molar-refractivity contribution in [2.24, 2.45) is 5.92 Å². The zero-order valence-electron chi connectivity index (χ0n) is 18.0. The molecule has 162 valence electrons. The number of nitrogens with zero attached hydrogens (tertiary/aromatic N) is 1. The van der Waals surface area contributed by atoms with Gasteiger partial charge < -0.3 is 20.3 Å². The third-order valence-corrected chi connectivity index (χ3v) is 5.39. The lowest BCUT2D eigenvalue weighted by Crippen LogP contribution is -2.41. The van der Waals surface area contributed by atoms with E-state index in [0.29, 0.717) is 16.5 Å². The third-order valence-electron chi connectivity index (χ3n) is 5.08. The van der Waals surface area contributed by atoms with Crippen molar-refractivity contribution in [3.05, 3.63) is 28.8 Å². The van der Waals surface area contributed by atoms with Gasteiger partial charge in [-0.25, -0.2) is 4.79 Å². The third kappa shape index (κ3) is 7.77. The highest BCUT2D eigenvalue weighted by Gasteiger charge is 2.26. The van der Waals surface area contributed by atoms with E-state index in [2.05, 4.69) is 10.6 Å². The maximum atomic E-state index is 12.1. The number of benzene rings is 1. The molecule has 0 bridgehead atoms. The molecule has 0 atom stereocenters. The van der Waals surface area contributed by atoms with Crippen molar-refractivity contribution >= 4 is 29.3 Å². The summed E-state index contributed by atoms with van der Waals surface area (Å²) >= 11 is 6.18. The molecule has 0 saturated carbocycles. The molecule has 1 saturated heterocycles. The first-order valence-corrected chi connectivity index (χ1v) is 10.8. The van der Waals surface area contributed by atoms with Gasteiger partial charge in [0.2, 0.25) is 0 Å². The molecule has 0 unspecified atom stereocenters. The Morgan fingerprint density at radius 3 is 2.48 bits per heavy atom. The number of piperidine rings is 1. The number of carbonyl (C=O) groups excluding carboxylic acids is 2. The quantitative estimate of drug-likeness (QED) is 0.610. The number of amides is 2. The number of halogens is 1. The van der Waals surface area contributed by atoms with Crippen LogP contribution < -0.4 is 10.6 Å². The van der Waals surface area contributed by atoms with Gasteiger partial charge in [-0.15, -0.1) is 0 Å². The Kier molecular flexibility index (Phi) is 8.62. The number of hydrogen-bond acceptors (Lipinski definition) is 4. The molecule has 6 nitrogen and oxygen atoms in total. The molecule has 0 aromatic heterocycles. The summed E-state index contributed by atoms with van der Waals surface area (Å²) in [6.07, 6.45) is 5.29. The van der Waals surface area contributed by atoms with E-state index in [1.165, 1.54) is 6.42 Å². The summed E-state index contributed by atoms with van der Waals surface area (Å²) in [6, 6.07) is 5.41. The molecule has 1 aromatic rings. The van der Waals surface area contributed by atoms with Gasteiger partial charge in [0.05, 0.1) is 10.6 Å². The second kappa shape index (κ2) is 10.7. The predicted octanol–water partition coefficient (Wildman–Crippen LogP) is 4.93. The first-order chi connectivity index (χ1) is 13.7. The van der Waals surface area contributed by atoms with Crippen LogP contribution in [-0.4, -0.2) is 49.2 Å². The Morgan fingerprint density at radius 2 is 1.90 bits per heavy atom. The van der Waals surface area contributed by atoms with Crippen LogP contribution >= 0.6 is 11.6 Å². The van der Waals surface area contributed by atoms with E-state index >= 15 is 0 Å². The average Bonchev–Trinajstić information content (AvgIpc) is 2.66. The SMILES string of the molecule is CNC(=O)c1ccc(NCCCCC2CCN(C(=O)OC(C)(C)C)CC2)cc1Cl. The number of hydrogen-bond donors (Lipinski definition) is 2. The summed E-state index contributed by atoms with van der Waals surface area (Å²) in [6.45, 7) is 8.14. The molecule has 1 fully saturated rings. The Labute approximate surface area is 179 Å². The first-order valence-electron chi connectivity index (χ1n) is 10.4. The first kappa shape index (κ1) is 23.3. The number of ether oxygens (including phenoxy) is 1. The molecule has 2 rings (SSSR count). The van der Waals surface area contributed by atoms with Crippen LogP contribution in [0.3, 0.4) is 0 Å². The molecular weight excluding hydrogens is 390 g/mol. The summed E-state index contributed by atoms with van der Waals surface area (Å²) in [5.74, 6) is 0.495. The Bertz CT molecular complexity index is 695. The minimum Gasteiger partial charge on any atom is -0.444 e. The summed E-state index contributed by atoms with van der Waals surface area (Å²) in [4.78, 5) is 25.6. The summed E-state index contributed by atoms with van der Waals surface area (Å²) in [5.41, 5.74) is 0.972. The van der Waals surface area contributed by atoms with E-state index in [-0.39, 0.29) is 12.0 Å². The number of anilines is 1. The molecule has 1 heterocycles. The van der Waals surface area contributed by atoms with Crippen molar-refractivity contribution in [2.45, 2.75) is 58.5 Å². The maximum Gasteiger partial charge on any atom is 0.410 e. The van der Waals surface area contributed by atoms with Gasteiger partial charge in [-0.2, -0.15) is 0 Å². The number of nitrogens with one attached hydrogen (secondary N) is 2. The van der Waals surface area contributed by atoms with E-state index < -0.39 is 5.60 Å². The second-order valence-corrected chi connectivity index (χ2v) is 9.01. The van der Waals surface area contributed by atoms with Gasteiger partial charge in [-0.05, 0) is 64.2 Å². The molecule has 7 heteroatoms. The second-order valence-electron chi connectivity index (χ2n) is 8.61. The fourth-order valence-corrected chi connectivity index (χ4v) is 3.73. The summed E-state index contributed by atoms with van der Waals surface area (Å²) in [5, 5.41) is 6.39. The van der Waals surface area contributed by atoms with Crippen LogP contribution in [0.1, 0.15) is 63.2 Å². The summed E-state index contributed by atoms with van der Waals surface area (Å²) in [7, 11) is 1.59. The van der Waals surface area contributed by atoms with Gasteiger partial charge in [-0.3, -0.25) is 4.79 Å². The fraction of sp³-hybridized carbons (Fsp3) is 0.636. The zero-order chi connectivity index (χ0) is 21.4. The standard InChI is InChI=1S/C22H34ClN3O3/c1-22(2,3)29-21(28)26-13-10-16(11-14-26)7-5-6-12-25-17-8-9-18(19(23)15-17)20(27)24-4/h8-9,15-16,25H,5-7,10-14H2,1-4H3,(H,24,27). The zero-order valence-corrected chi connectivity index (χ0v) is 18.8. The molecule has 2 N–H and O–H groups in total. The van der Waals surface area contributed by atoms with Gasteiger partial charge in [0.1, 0.15) is 5.60 Å². The van der Waals surface area contributed by atoms with Crippen molar-refractivity contribution in [2.75, 3.05) is 32.0 Å². The lowest BCUT2D eigenvalue weighted by molar-refractivity contribution is 0.0180. The molecule has 0 radical (unpaired) electrons. The van der Waals surface area contributed by atoms with Crippen LogP contribution in [-0.2, 0) is 4.74 Å². The Balaban J connectivity index is 1.63. The number of rotatable bonds is 7. The Hall–Kier alpha value is -1.95. The van der Waals surface area contributed by atoms with E-state index in [1.807, 2.05) is 31.7 Å². The normalized spacial score (nSPS) is 15.1. The van der Waals surface area contributed by atoms with Gasteiger partial charge in [0, 0.05) is 32.4 Å². The van der Waals surface area contributed by atoms with Crippen molar-refractivity contribution < 1.29 is 14.3 Å². The van der Waals surface area contributed by atoms with Crippen molar-refractivity contribution in [1.82, 2.24) is 10.2 Å². The lowest BCUT2D eigenvalue weighted by Gasteiger charge is -2.33. The minimum absolute atomic E-state index is 0.181. The van der Waals surface area contributed by atoms with E-state index in [4.69, 9.17) is 16.3 Å². The van der Waals surface area contributed by atoms with Gasteiger partial charge in [0.25, 0.3) is 5.91 Å². The molecule has 1 aliphatic rings. The van der Waals surface area contributed by atoms with Crippen molar-refractivity contribution in [3.8, 4) is 0 Å². The fourth-order valence-electron chi connectivity index (χ4n) is 3.47. The van der Waals surface area contributed by atoms with Crippen LogP contribution in [0.15, 0.2) is 18.2 Å². The van der Waals surface area contributed by atoms with Crippen LogP contribution in [0.5, 0.6) is 0 Å². The van der Waals surface area contributed by atoms with Crippen LogP contribution in [0.4, 0.5) is 10.5 Å². The summed E-state index contributed by atoms with van der Waals surface area (Å²) < 4.78 is 5.45. The highest BCUT2D eigenvalue weighted by atomic mass is 35.5. The predicted molar refractivity (Wildman–Crippen MR) is 118 cm³/mol.